The van der Waals surface area contributed by atoms with Crippen molar-refractivity contribution in [2.45, 2.75) is 35.3 Å². The molecule has 6 rings (SSSR count). The Kier molecular flexibility index (Phi) is 8.04. The maximum atomic E-state index is 13.2. The summed E-state index contributed by atoms with van der Waals surface area (Å²) in [5.74, 6) is -0.552. The molecule has 1 fully saturated rings. The zero-order valence-corrected chi connectivity index (χ0v) is 23.5. The number of ether oxygens (including phenoxy) is 1. The Morgan fingerprint density at radius 1 is 0.850 bits per heavy atom. The first-order valence-corrected chi connectivity index (χ1v) is 16.0. The highest BCUT2D eigenvalue weighted by Gasteiger charge is 2.35. The third kappa shape index (κ3) is 5.94. The number of rotatable bonds is 4. The van der Waals surface area contributed by atoms with Crippen LogP contribution in [0.1, 0.15) is 18.4 Å². The van der Waals surface area contributed by atoms with Crippen LogP contribution in [-0.4, -0.2) is 58.2 Å². The van der Waals surface area contributed by atoms with Gasteiger partial charge in [0.05, 0.1) is 17.0 Å². The van der Waals surface area contributed by atoms with E-state index in [-0.39, 0.29) is 15.8 Å². The van der Waals surface area contributed by atoms with Crippen LogP contribution in [0.5, 0.6) is 0 Å². The number of hydrogen-bond donors (Lipinski definition) is 0. The van der Waals surface area contributed by atoms with Crippen LogP contribution in [0.2, 0.25) is 0 Å². The predicted molar refractivity (Wildman–Crippen MR) is 150 cm³/mol. The molecular formula is C28H29N3O7S2. The molecule has 1 aromatic heterocycles. The van der Waals surface area contributed by atoms with E-state index in [0.717, 1.165) is 22.9 Å². The lowest BCUT2D eigenvalue weighted by Crippen LogP contribution is -2.48. The lowest BCUT2D eigenvalue weighted by molar-refractivity contribution is 0.0988. The van der Waals surface area contributed by atoms with Gasteiger partial charge < -0.3 is 14.1 Å². The summed E-state index contributed by atoms with van der Waals surface area (Å²) in [4.78, 5) is 16.2. The average Bonchev–Trinajstić information content (AvgIpc) is 2.97. The minimum absolute atomic E-state index is 0.146. The van der Waals surface area contributed by atoms with Gasteiger partial charge in [0.1, 0.15) is 17.9 Å². The molecule has 12 heteroatoms. The van der Waals surface area contributed by atoms with Crippen LogP contribution in [0.15, 0.2) is 98.1 Å². The van der Waals surface area contributed by atoms with Gasteiger partial charge in [-0.1, -0.05) is 42.5 Å². The number of nitrogens with zero attached hydrogens (tertiary/aromatic N) is 3. The van der Waals surface area contributed by atoms with Crippen molar-refractivity contribution in [3.8, 4) is 0 Å². The highest BCUT2D eigenvalue weighted by Crippen LogP contribution is 2.32. The summed E-state index contributed by atoms with van der Waals surface area (Å²) in [6.07, 6.45) is 3.74. The van der Waals surface area contributed by atoms with Crippen LogP contribution in [-0.2, 0) is 31.2 Å². The third-order valence-electron chi connectivity index (χ3n) is 6.95. The minimum atomic E-state index is -3.89. The molecule has 0 spiro atoms. The topological polar surface area (TPSA) is 127 Å². The molecule has 2 aliphatic heterocycles. The van der Waals surface area contributed by atoms with Crippen LogP contribution in [0.25, 0.3) is 10.9 Å². The molecule has 0 aliphatic carbocycles. The van der Waals surface area contributed by atoms with Crippen molar-refractivity contribution in [3.05, 3.63) is 95.2 Å². The lowest BCUT2D eigenvalue weighted by Gasteiger charge is -2.41. The van der Waals surface area contributed by atoms with E-state index < -0.39 is 25.6 Å². The summed E-state index contributed by atoms with van der Waals surface area (Å²) < 4.78 is 62.1. The van der Waals surface area contributed by atoms with E-state index in [1.165, 1.54) is 28.8 Å². The van der Waals surface area contributed by atoms with Gasteiger partial charge in [-0.3, -0.25) is 0 Å². The fourth-order valence-corrected chi connectivity index (χ4v) is 8.04. The van der Waals surface area contributed by atoms with Crippen molar-refractivity contribution in [3.63, 3.8) is 0 Å². The SMILES string of the molecule is CS(=O)(=O)c1ccccc1S(=O)(=O)N1CCC(N2COCc3ccccc32)CC1.O=c1nc2ccccc2co1. The third-order valence-corrected chi connectivity index (χ3v) is 10.2. The highest BCUT2D eigenvalue weighted by atomic mass is 32.2. The summed E-state index contributed by atoms with van der Waals surface area (Å²) in [7, 11) is -7.53. The molecule has 3 heterocycles. The average molecular weight is 584 g/mol. The summed E-state index contributed by atoms with van der Waals surface area (Å²) in [5.41, 5.74) is 2.95. The number of piperidine rings is 1. The molecule has 0 saturated carbocycles. The smallest absolute Gasteiger partial charge is 0.416 e. The molecule has 0 amide bonds. The van der Waals surface area contributed by atoms with Crippen molar-refractivity contribution in [1.82, 2.24) is 9.29 Å². The normalized spacial score (nSPS) is 16.7. The van der Waals surface area contributed by atoms with Crippen molar-refractivity contribution >= 4 is 36.5 Å². The van der Waals surface area contributed by atoms with Crippen LogP contribution >= 0.6 is 0 Å². The van der Waals surface area contributed by atoms with Crippen molar-refractivity contribution in [2.75, 3.05) is 31.0 Å². The molecule has 4 aromatic rings. The number of fused-ring (bicyclic) bond motifs is 2. The van der Waals surface area contributed by atoms with Crippen molar-refractivity contribution in [2.24, 2.45) is 0 Å². The maximum absolute atomic E-state index is 13.2. The molecular weight excluding hydrogens is 554 g/mol. The summed E-state index contributed by atoms with van der Waals surface area (Å²) in [6.45, 7) is 1.75. The van der Waals surface area contributed by atoms with Gasteiger partial charge in [0.25, 0.3) is 0 Å². The number of anilines is 1. The number of sulfonamides is 1. The second kappa shape index (κ2) is 11.5. The second-order valence-corrected chi connectivity index (χ2v) is 13.5. The molecule has 0 bridgehead atoms. The summed E-state index contributed by atoms with van der Waals surface area (Å²) in [6, 6.07) is 21.4. The summed E-state index contributed by atoms with van der Waals surface area (Å²) in [5, 5.41) is 0.840. The van der Waals surface area contributed by atoms with Crippen LogP contribution in [0.3, 0.4) is 0 Å². The van der Waals surface area contributed by atoms with Gasteiger partial charge >= 0.3 is 5.76 Å². The van der Waals surface area contributed by atoms with E-state index in [0.29, 0.717) is 44.8 Å². The maximum Gasteiger partial charge on any atom is 0.439 e. The lowest BCUT2D eigenvalue weighted by atomic mass is 10.0. The fourth-order valence-electron chi connectivity index (χ4n) is 4.97. The van der Waals surface area contributed by atoms with Gasteiger partial charge in [-0.2, -0.15) is 9.29 Å². The number of hydrogen-bond acceptors (Lipinski definition) is 9. The van der Waals surface area contributed by atoms with Crippen LogP contribution < -0.4 is 10.7 Å². The number of benzene rings is 3. The molecule has 210 valence electrons. The first-order valence-electron chi connectivity index (χ1n) is 12.7. The Labute approximate surface area is 232 Å². The van der Waals surface area contributed by atoms with E-state index in [1.54, 1.807) is 12.1 Å². The van der Waals surface area contributed by atoms with E-state index >= 15 is 0 Å². The molecule has 0 N–H and O–H groups in total. The Balaban J connectivity index is 0.000000244. The molecule has 2 aliphatic rings. The highest BCUT2D eigenvalue weighted by molar-refractivity contribution is 7.93. The van der Waals surface area contributed by atoms with Crippen LogP contribution in [0, 0.1) is 0 Å². The van der Waals surface area contributed by atoms with E-state index in [1.807, 2.05) is 36.4 Å². The van der Waals surface area contributed by atoms with E-state index in [9.17, 15) is 21.6 Å². The molecule has 3 aromatic carbocycles. The van der Waals surface area contributed by atoms with Gasteiger partial charge in [0.2, 0.25) is 10.0 Å². The second-order valence-electron chi connectivity index (χ2n) is 9.60. The quantitative estimate of drug-likeness (QED) is 0.355. The zero-order valence-electron chi connectivity index (χ0n) is 21.8. The Morgan fingerprint density at radius 3 is 2.25 bits per heavy atom. The Bertz CT molecular complexity index is 1780. The van der Waals surface area contributed by atoms with E-state index in [2.05, 4.69) is 20.4 Å². The number of aromatic nitrogens is 1. The predicted octanol–water partition coefficient (Wildman–Crippen LogP) is 3.43. The minimum Gasteiger partial charge on any atom is -0.416 e. The van der Waals surface area contributed by atoms with Gasteiger partial charge in [0.15, 0.2) is 9.84 Å². The van der Waals surface area contributed by atoms with E-state index in [4.69, 9.17) is 4.74 Å². The molecule has 1 saturated heterocycles. The van der Waals surface area contributed by atoms with Crippen LogP contribution in [0.4, 0.5) is 5.69 Å². The monoisotopic (exact) mass is 583 g/mol. The molecule has 10 nitrogen and oxygen atoms in total. The molecule has 0 unspecified atom stereocenters. The van der Waals surface area contributed by atoms with Gasteiger partial charge in [0, 0.05) is 42.0 Å². The molecule has 0 atom stereocenters. The Morgan fingerprint density at radius 2 is 1.50 bits per heavy atom. The standard InChI is InChI=1S/C20H24N2O5S2.C8H5NO2/c1-28(23,24)19-8-4-5-9-20(19)29(25,26)21-12-10-17(11-13-21)22-15-27-14-16-6-2-3-7-18(16)22;10-8-9-7-4-2-1-3-6(7)5-11-8/h2-9,17H,10-15H2,1H3;1-5H. The van der Waals surface area contributed by atoms with Crippen molar-refractivity contribution in [1.29, 1.82) is 0 Å². The number of sulfone groups is 1. The fraction of sp³-hybridized carbons (Fsp3) is 0.286. The van der Waals surface area contributed by atoms with Crippen molar-refractivity contribution < 1.29 is 26.0 Å². The van der Waals surface area contributed by atoms with Gasteiger partial charge in [-0.15, -0.1) is 0 Å². The Hall–Kier alpha value is -3.58. The largest absolute Gasteiger partial charge is 0.439 e. The first kappa shape index (κ1) is 28.0. The molecule has 40 heavy (non-hydrogen) atoms. The summed E-state index contributed by atoms with van der Waals surface area (Å²) >= 11 is 0. The molecule has 0 radical (unpaired) electrons. The zero-order chi connectivity index (χ0) is 28.3. The number of para-hydroxylation sites is 2. The van der Waals surface area contributed by atoms with Gasteiger partial charge in [-0.05, 0) is 43.2 Å². The first-order chi connectivity index (χ1) is 19.1. The van der Waals surface area contributed by atoms with Gasteiger partial charge in [-0.25, -0.2) is 21.6 Å².